The summed E-state index contributed by atoms with van der Waals surface area (Å²) in [5, 5.41) is 3.83. The van der Waals surface area contributed by atoms with Crippen LogP contribution in [0.4, 0.5) is 5.82 Å². The van der Waals surface area contributed by atoms with Gasteiger partial charge in [0.25, 0.3) is 0 Å². The molecular formula is C15H18ClN3. The summed E-state index contributed by atoms with van der Waals surface area (Å²) < 4.78 is 0. The van der Waals surface area contributed by atoms with E-state index >= 15 is 0 Å². The van der Waals surface area contributed by atoms with E-state index in [-0.39, 0.29) is 0 Å². The molecule has 100 valence electrons. The van der Waals surface area contributed by atoms with Crippen molar-refractivity contribution in [1.82, 2.24) is 9.88 Å². The Hall–Kier alpha value is -1.58. The van der Waals surface area contributed by atoms with Crippen LogP contribution in [-0.4, -0.2) is 24.0 Å². The van der Waals surface area contributed by atoms with E-state index in [1.807, 2.05) is 43.4 Å². The van der Waals surface area contributed by atoms with E-state index in [1.165, 1.54) is 5.56 Å². The highest BCUT2D eigenvalue weighted by molar-refractivity contribution is 6.30. The number of nitrogens with zero attached hydrogens (tertiary/aromatic N) is 2. The molecule has 0 unspecified atom stereocenters. The average molecular weight is 276 g/mol. The van der Waals surface area contributed by atoms with Crippen LogP contribution in [0, 0.1) is 0 Å². The number of benzene rings is 1. The second-order valence-electron chi connectivity index (χ2n) is 4.57. The van der Waals surface area contributed by atoms with Gasteiger partial charge in [-0.3, -0.25) is 4.90 Å². The lowest BCUT2D eigenvalue weighted by molar-refractivity contribution is 0.315. The molecule has 0 fully saturated rings. The van der Waals surface area contributed by atoms with Gasteiger partial charge in [-0.05, 0) is 36.9 Å². The van der Waals surface area contributed by atoms with Gasteiger partial charge in [0.15, 0.2) is 0 Å². The SMILES string of the molecule is CNc1cccc(CN(C)Cc2cccc(Cl)c2)n1. The second kappa shape index (κ2) is 6.55. The van der Waals surface area contributed by atoms with Crippen molar-refractivity contribution in [3.8, 4) is 0 Å². The summed E-state index contributed by atoms with van der Waals surface area (Å²) in [4.78, 5) is 6.73. The van der Waals surface area contributed by atoms with E-state index in [4.69, 9.17) is 11.6 Å². The zero-order chi connectivity index (χ0) is 13.7. The van der Waals surface area contributed by atoms with Crippen molar-refractivity contribution in [1.29, 1.82) is 0 Å². The molecule has 1 N–H and O–H groups in total. The minimum Gasteiger partial charge on any atom is -0.373 e. The zero-order valence-corrected chi connectivity index (χ0v) is 12.0. The number of nitrogens with one attached hydrogen (secondary N) is 1. The normalized spacial score (nSPS) is 10.7. The average Bonchev–Trinajstić information content (AvgIpc) is 2.38. The fraction of sp³-hybridized carbons (Fsp3) is 0.267. The lowest BCUT2D eigenvalue weighted by Gasteiger charge is -2.16. The van der Waals surface area contributed by atoms with E-state index in [1.54, 1.807) is 0 Å². The molecule has 3 nitrogen and oxygen atoms in total. The first-order valence-electron chi connectivity index (χ1n) is 6.24. The predicted octanol–water partition coefficient (Wildman–Crippen LogP) is 3.41. The first-order valence-corrected chi connectivity index (χ1v) is 6.62. The van der Waals surface area contributed by atoms with Crippen LogP contribution in [0.2, 0.25) is 5.02 Å². The quantitative estimate of drug-likeness (QED) is 0.906. The molecule has 0 atom stereocenters. The van der Waals surface area contributed by atoms with Crippen LogP contribution in [0.3, 0.4) is 0 Å². The molecule has 1 heterocycles. The Bertz CT molecular complexity index is 542. The van der Waals surface area contributed by atoms with E-state index in [9.17, 15) is 0 Å². The van der Waals surface area contributed by atoms with Gasteiger partial charge >= 0.3 is 0 Å². The maximum atomic E-state index is 5.99. The minimum atomic E-state index is 0.779. The maximum Gasteiger partial charge on any atom is 0.126 e. The summed E-state index contributed by atoms with van der Waals surface area (Å²) in [5.74, 6) is 0.897. The number of anilines is 1. The van der Waals surface area contributed by atoms with Gasteiger partial charge in [-0.15, -0.1) is 0 Å². The van der Waals surface area contributed by atoms with Crippen molar-refractivity contribution in [3.63, 3.8) is 0 Å². The molecule has 0 saturated carbocycles. The van der Waals surface area contributed by atoms with Crippen LogP contribution >= 0.6 is 11.6 Å². The van der Waals surface area contributed by atoms with Crippen molar-refractivity contribution in [2.24, 2.45) is 0 Å². The van der Waals surface area contributed by atoms with Crippen LogP contribution < -0.4 is 5.32 Å². The lowest BCUT2D eigenvalue weighted by Crippen LogP contribution is -2.18. The molecule has 1 aromatic carbocycles. The summed E-state index contributed by atoms with van der Waals surface area (Å²) in [6, 6.07) is 14.0. The van der Waals surface area contributed by atoms with E-state index in [0.717, 1.165) is 29.6 Å². The third kappa shape index (κ3) is 4.23. The molecule has 0 aliphatic carbocycles. The Kier molecular flexibility index (Phi) is 4.77. The Balaban J connectivity index is 1.98. The molecule has 1 aromatic heterocycles. The van der Waals surface area contributed by atoms with Crippen molar-refractivity contribution in [3.05, 3.63) is 58.7 Å². The Morgan fingerprint density at radius 3 is 2.68 bits per heavy atom. The van der Waals surface area contributed by atoms with Crippen LogP contribution in [0.5, 0.6) is 0 Å². The minimum absolute atomic E-state index is 0.779. The zero-order valence-electron chi connectivity index (χ0n) is 11.2. The third-order valence-corrected chi connectivity index (χ3v) is 3.07. The number of hydrogen-bond donors (Lipinski definition) is 1. The molecule has 4 heteroatoms. The Morgan fingerprint density at radius 1 is 1.16 bits per heavy atom. The summed E-state index contributed by atoms with van der Waals surface area (Å²) in [6.07, 6.45) is 0. The van der Waals surface area contributed by atoms with E-state index < -0.39 is 0 Å². The van der Waals surface area contributed by atoms with Crippen molar-refractivity contribution in [2.45, 2.75) is 13.1 Å². The van der Waals surface area contributed by atoms with Gasteiger partial charge in [0.1, 0.15) is 5.82 Å². The molecule has 0 radical (unpaired) electrons. The first kappa shape index (κ1) is 13.8. The summed E-state index contributed by atoms with van der Waals surface area (Å²) in [7, 11) is 3.95. The van der Waals surface area contributed by atoms with Gasteiger partial charge < -0.3 is 5.32 Å². The van der Waals surface area contributed by atoms with E-state index in [2.05, 4.69) is 28.3 Å². The fourth-order valence-electron chi connectivity index (χ4n) is 1.99. The topological polar surface area (TPSA) is 28.2 Å². The molecule has 19 heavy (non-hydrogen) atoms. The van der Waals surface area contributed by atoms with Gasteiger partial charge in [0.05, 0.1) is 5.69 Å². The number of aromatic nitrogens is 1. The Labute approximate surface area is 119 Å². The van der Waals surface area contributed by atoms with Crippen LogP contribution in [0.25, 0.3) is 0 Å². The predicted molar refractivity (Wildman–Crippen MR) is 80.4 cm³/mol. The van der Waals surface area contributed by atoms with Crippen molar-refractivity contribution < 1.29 is 0 Å². The monoisotopic (exact) mass is 275 g/mol. The summed E-state index contributed by atoms with van der Waals surface area (Å²) in [6.45, 7) is 1.66. The summed E-state index contributed by atoms with van der Waals surface area (Å²) in [5.41, 5.74) is 2.26. The van der Waals surface area contributed by atoms with Crippen LogP contribution in [-0.2, 0) is 13.1 Å². The summed E-state index contributed by atoms with van der Waals surface area (Å²) >= 11 is 5.99. The van der Waals surface area contributed by atoms with Gasteiger partial charge in [0.2, 0.25) is 0 Å². The molecule has 0 aliphatic heterocycles. The molecule has 0 spiro atoms. The first-order chi connectivity index (χ1) is 9.17. The molecule has 0 saturated heterocycles. The van der Waals surface area contributed by atoms with Gasteiger partial charge in [-0.25, -0.2) is 4.98 Å². The molecule has 0 amide bonds. The second-order valence-corrected chi connectivity index (χ2v) is 5.00. The van der Waals surface area contributed by atoms with Gasteiger partial charge in [-0.1, -0.05) is 29.8 Å². The van der Waals surface area contributed by atoms with Crippen LogP contribution in [0.15, 0.2) is 42.5 Å². The maximum absolute atomic E-state index is 5.99. The highest BCUT2D eigenvalue weighted by atomic mass is 35.5. The third-order valence-electron chi connectivity index (χ3n) is 2.84. The van der Waals surface area contributed by atoms with E-state index in [0.29, 0.717) is 0 Å². The van der Waals surface area contributed by atoms with Gasteiger partial charge in [0, 0.05) is 25.2 Å². The standard InChI is InChI=1S/C15H18ClN3/c1-17-15-8-4-7-14(18-15)11-19(2)10-12-5-3-6-13(16)9-12/h3-9H,10-11H2,1-2H3,(H,17,18). The smallest absolute Gasteiger partial charge is 0.126 e. The molecule has 0 aliphatic rings. The molecule has 0 bridgehead atoms. The molecule has 2 rings (SSSR count). The van der Waals surface area contributed by atoms with Crippen LogP contribution in [0.1, 0.15) is 11.3 Å². The van der Waals surface area contributed by atoms with Gasteiger partial charge in [-0.2, -0.15) is 0 Å². The highest BCUT2D eigenvalue weighted by Gasteiger charge is 2.04. The molecular weight excluding hydrogens is 258 g/mol. The number of pyridine rings is 1. The number of halogens is 1. The van der Waals surface area contributed by atoms with Crippen molar-refractivity contribution in [2.75, 3.05) is 19.4 Å². The Morgan fingerprint density at radius 2 is 1.95 bits per heavy atom. The van der Waals surface area contributed by atoms with Crippen molar-refractivity contribution >= 4 is 17.4 Å². The largest absolute Gasteiger partial charge is 0.373 e. The lowest BCUT2D eigenvalue weighted by atomic mass is 10.2. The number of hydrogen-bond acceptors (Lipinski definition) is 3. The number of rotatable bonds is 5. The highest BCUT2D eigenvalue weighted by Crippen LogP contribution is 2.13. The molecule has 2 aromatic rings. The fourth-order valence-corrected chi connectivity index (χ4v) is 2.20.